The summed E-state index contributed by atoms with van der Waals surface area (Å²) in [6.45, 7) is 2.42. The number of benzene rings is 1. The van der Waals surface area contributed by atoms with Gasteiger partial charge in [0, 0.05) is 31.8 Å². The smallest absolute Gasteiger partial charge is 0.0354 e. The van der Waals surface area contributed by atoms with Crippen LogP contribution in [0.1, 0.15) is 30.0 Å². The first-order valence-electron chi connectivity index (χ1n) is 6.62. The fourth-order valence-corrected chi connectivity index (χ4v) is 3.34. The van der Waals surface area contributed by atoms with E-state index in [9.17, 15) is 0 Å². The van der Waals surface area contributed by atoms with Crippen LogP contribution < -0.4 is 0 Å². The summed E-state index contributed by atoms with van der Waals surface area (Å²) in [7, 11) is 1.88. The first-order valence-corrected chi connectivity index (χ1v) is 6.62. The fourth-order valence-electron chi connectivity index (χ4n) is 3.34. The highest BCUT2D eigenvalue weighted by molar-refractivity contribution is 5.61. The molecule has 2 atom stereocenters. The summed E-state index contributed by atoms with van der Waals surface area (Å²) >= 11 is 0. The van der Waals surface area contributed by atoms with Gasteiger partial charge in [-0.2, -0.15) is 0 Å². The van der Waals surface area contributed by atoms with Gasteiger partial charge in [-0.1, -0.05) is 24.3 Å². The molecule has 1 aliphatic carbocycles. The van der Waals surface area contributed by atoms with Gasteiger partial charge in [-0.25, -0.2) is 0 Å². The molecule has 1 aromatic rings. The average Bonchev–Trinajstić information content (AvgIpc) is 2.95. The van der Waals surface area contributed by atoms with Crippen molar-refractivity contribution in [3.8, 4) is 0 Å². The lowest BCUT2D eigenvalue weighted by atomic mass is 10.1. The first kappa shape index (κ1) is 11.0. The highest BCUT2D eigenvalue weighted by Crippen LogP contribution is 2.37. The molecule has 0 aromatic heterocycles. The van der Waals surface area contributed by atoms with Crippen LogP contribution in [0.15, 0.2) is 29.3 Å². The molecule has 0 saturated carbocycles. The molecular weight excluding hydrogens is 208 g/mol. The SMILES string of the molecule is CN=CC1CCN([C@@H]2CCc3ccccc32)C1. The summed E-state index contributed by atoms with van der Waals surface area (Å²) in [4.78, 5) is 6.82. The van der Waals surface area contributed by atoms with Crippen LogP contribution in [0.2, 0.25) is 0 Å². The zero-order chi connectivity index (χ0) is 11.7. The van der Waals surface area contributed by atoms with Gasteiger partial charge in [0.25, 0.3) is 0 Å². The number of aryl methyl sites for hydroxylation is 1. The minimum absolute atomic E-state index is 0.668. The van der Waals surface area contributed by atoms with Crippen LogP contribution in [0, 0.1) is 5.92 Å². The number of nitrogens with zero attached hydrogens (tertiary/aromatic N) is 2. The van der Waals surface area contributed by atoms with E-state index >= 15 is 0 Å². The van der Waals surface area contributed by atoms with Crippen LogP contribution in [0.5, 0.6) is 0 Å². The Balaban J connectivity index is 1.75. The van der Waals surface area contributed by atoms with Crippen LogP contribution in [0.3, 0.4) is 0 Å². The second kappa shape index (κ2) is 4.61. The number of rotatable bonds is 2. The van der Waals surface area contributed by atoms with Gasteiger partial charge >= 0.3 is 0 Å². The van der Waals surface area contributed by atoms with Gasteiger partial charge in [0.15, 0.2) is 0 Å². The van der Waals surface area contributed by atoms with E-state index in [2.05, 4.69) is 40.4 Å². The molecule has 2 aliphatic rings. The molecule has 0 spiro atoms. The van der Waals surface area contributed by atoms with E-state index < -0.39 is 0 Å². The molecular formula is C15H20N2. The molecule has 1 aromatic carbocycles. The Hall–Kier alpha value is -1.15. The second-order valence-corrected chi connectivity index (χ2v) is 5.20. The van der Waals surface area contributed by atoms with Crippen LogP contribution in [-0.4, -0.2) is 31.3 Å². The molecule has 1 heterocycles. The predicted molar refractivity (Wildman–Crippen MR) is 71.6 cm³/mol. The van der Waals surface area contributed by atoms with E-state index in [0.29, 0.717) is 12.0 Å². The average molecular weight is 228 g/mol. The molecule has 17 heavy (non-hydrogen) atoms. The zero-order valence-corrected chi connectivity index (χ0v) is 10.5. The van der Waals surface area contributed by atoms with E-state index in [1.165, 1.54) is 32.4 Å². The van der Waals surface area contributed by atoms with Crippen LogP contribution >= 0.6 is 0 Å². The predicted octanol–water partition coefficient (Wildman–Crippen LogP) is 2.70. The Morgan fingerprint density at radius 2 is 2.18 bits per heavy atom. The largest absolute Gasteiger partial charge is 0.301 e. The van der Waals surface area contributed by atoms with Crippen LogP contribution in [0.25, 0.3) is 0 Å². The fraction of sp³-hybridized carbons (Fsp3) is 0.533. The Morgan fingerprint density at radius 1 is 1.29 bits per heavy atom. The maximum atomic E-state index is 4.17. The third-order valence-electron chi connectivity index (χ3n) is 4.16. The molecule has 1 saturated heterocycles. The molecule has 0 amide bonds. The van der Waals surface area contributed by atoms with Crippen molar-refractivity contribution in [2.24, 2.45) is 10.9 Å². The highest BCUT2D eigenvalue weighted by Gasteiger charge is 2.32. The maximum absolute atomic E-state index is 4.17. The van der Waals surface area contributed by atoms with E-state index in [1.54, 1.807) is 11.1 Å². The number of likely N-dealkylation sites (tertiary alicyclic amines) is 1. The number of aliphatic imine (C=N–C) groups is 1. The van der Waals surface area contributed by atoms with Crippen molar-refractivity contribution in [2.45, 2.75) is 25.3 Å². The quantitative estimate of drug-likeness (QED) is 0.711. The minimum atomic E-state index is 0.668. The monoisotopic (exact) mass is 228 g/mol. The van der Waals surface area contributed by atoms with Gasteiger partial charge in [-0.05, 0) is 36.9 Å². The molecule has 2 nitrogen and oxygen atoms in total. The summed E-state index contributed by atoms with van der Waals surface area (Å²) in [5.74, 6) is 0.674. The van der Waals surface area contributed by atoms with Gasteiger partial charge in [0.1, 0.15) is 0 Å². The molecule has 1 aliphatic heterocycles. The lowest BCUT2D eigenvalue weighted by molar-refractivity contribution is 0.242. The Kier molecular flexibility index (Phi) is 2.98. The number of hydrogen-bond acceptors (Lipinski definition) is 2. The molecule has 0 radical (unpaired) electrons. The molecule has 90 valence electrons. The molecule has 1 unspecified atom stereocenters. The third-order valence-corrected chi connectivity index (χ3v) is 4.16. The van der Waals surface area contributed by atoms with Crippen LogP contribution in [0.4, 0.5) is 0 Å². The summed E-state index contributed by atoms with van der Waals surface area (Å²) in [6, 6.07) is 9.61. The van der Waals surface area contributed by atoms with Crippen molar-refractivity contribution in [2.75, 3.05) is 20.1 Å². The first-order chi connectivity index (χ1) is 8.38. The maximum Gasteiger partial charge on any atom is 0.0354 e. The molecule has 1 fully saturated rings. The van der Waals surface area contributed by atoms with Crippen molar-refractivity contribution in [1.82, 2.24) is 4.90 Å². The molecule has 2 heteroatoms. The van der Waals surface area contributed by atoms with E-state index in [-0.39, 0.29) is 0 Å². The topological polar surface area (TPSA) is 15.6 Å². The van der Waals surface area contributed by atoms with Gasteiger partial charge in [-0.15, -0.1) is 0 Å². The normalized spacial score (nSPS) is 29.0. The summed E-state index contributed by atoms with van der Waals surface area (Å²) in [6.07, 6.45) is 5.95. The van der Waals surface area contributed by atoms with E-state index in [0.717, 1.165) is 0 Å². The standard InChI is InChI=1S/C15H20N2/c1-16-10-12-8-9-17(11-12)15-7-6-13-4-2-3-5-14(13)15/h2-5,10,12,15H,6-9,11H2,1H3/t12?,15-/m1/s1. The molecule has 0 N–H and O–H groups in total. The van der Waals surface area contributed by atoms with E-state index in [4.69, 9.17) is 0 Å². The van der Waals surface area contributed by atoms with Crippen molar-refractivity contribution in [1.29, 1.82) is 0 Å². The lowest BCUT2D eigenvalue weighted by Gasteiger charge is -2.24. The van der Waals surface area contributed by atoms with Crippen molar-refractivity contribution >= 4 is 6.21 Å². The Bertz CT molecular complexity index is 425. The zero-order valence-electron chi connectivity index (χ0n) is 10.5. The van der Waals surface area contributed by atoms with Crippen molar-refractivity contribution in [3.63, 3.8) is 0 Å². The van der Waals surface area contributed by atoms with Gasteiger partial charge in [0.05, 0.1) is 0 Å². The Labute approximate surface area is 103 Å². The minimum Gasteiger partial charge on any atom is -0.301 e. The summed E-state index contributed by atoms with van der Waals surface area (Å²) in [5.41, 5.74) is 3.13. The van der Waals surface area contributed by atoms with Crippen molar-refractivity contribution in [3.05, 3.63) is 35.4 Å². The molecule has 0 bridgehead atoms. The highest BCUT2D eigenvalue weighted by atomic mass is 15.2. The van der Waals surface area contributed by atoms with Gasteiger partial charge in [0.2, 0.25) is 0 Å². The van der Waals surface area contributed by atoms with Crippen molar-refractivity contribution < 1.29 is 0 Å². The van der Waals surface area contributed by atoms with Crippen LogP contribution in [-0.2, 0) is 6.42 Å². The Morgan fingerprint density at radius 3 is 3.06 bits per heavy atom. The second-order valence-electron chi connectivity index (χ2n) is 5.20. The summed E-state index contributed by atoms with van der Waals surface area (Å²) < 4.78 is 0. The van der Waals surface area contributed by atoms with E-state index in [1.807, 2.05) is 7.05 Å². The lowest BCUT2D eigenvalue weighted by Crippen LogP contribution is -2.25. The number of fused-ring (bicyclic) bond motifs is 1. The third kappa shape index (κ3) is 2.02. The summed E-state index contributed by atoms with van der Waals surface area (Å²) in [5, 5.41) is 0. The van der Waals surface area contributed by atoms with Gasteiger partial charge < -0.3 is 4.99 Å². The molecule has 3 rings (SSSR count). The number of hydrogen-bond donors (Lipinski definition) is 0. The van der Waals surface area contributed by atoms with Gasteiger partial charge in [-0.3, -0.25) is 4.90 Å².